The van der Waals surface area contributed by atoms with E-state index in [1.165, 1.54) is 6.42 Å². The summed E-state index contributed by atoms with van der Waals surface area (Å²) in [5, 5.41) is 15.2. The van der Waals surface area contributed by atoms with Crippen LogP contribution in [0.25, 0.3) is 0 Å². The van der Waals surface area contributed by atoms with E-state index in [2.05, 4.69) is 37.9 Å². The minimum absolute atomic E-state index is 0.133. The maximum atomic E-state index is 11.9. The number of aromatic nitrogens is 4. The zero-order valence-electron chi connectivity index (χ0n) is 15.3. The summed E-state index contributed by atoms with van der Waals surface area (Å²) in [5.74, 6) is 1.35. The molecule has 1 aromatic heterocycles. The van der Waals surface area contributed by atoms with Crippen molar-refractivity contribution in [1.82, 2.24) is 25.5 Å². The number of piperidine rings is 1. The monoisotopic (exact) mass is 348 g/mol. The number of allylic oxidation sites excluding steroid dienone is 2. The van der Waals surface area contributed by atoms with Gasteiger partial charge < -0.3 is 15.0 Å². The summed E-state index contributed by atoms with van der Waals surface area (Å²) in [6.07, 6.45) is 8.16. The van der Waals surface area contributed by atoms with Crippen LogP contribution in [0.15, 0.2) is 12.2 Å². The summed E-state index contributed by atoms with van der Waals surface area (Å²) in [6, 6.07) is 0.133. The molecule has 2 heterocycles. The lowest BCUT2D eigenvalue weighted by Gasteiger charge is -2.33. The first kappa shape index (κ1) is 17.7. The molecule has 3 rings (SSSR count). The molecule has 1 fully saturated rings. The molecule has 1 aromatic rings. The van der Waals surface area contributed by atoms with Gasteiger partial charge in [-0.05, 0) is 62.8 Å². The molecule has 8 heteroatoms. The number of rotatable bonds is 4. The molecular weight excluding hydrogens is 320 g/mol. The predicted octanol–water partition coefficient (Wildman–Crippen LogP) is 2.13. The van der Waals surface area contributed by atoms with Gasteiger partial charge in [-0.1, -0.05) is 17.3 Å². The maximum Gasteiger partial charge on any atom is 0.407 e. The highest BCUT2D eigenvalue weighted by molar-refractivity contribution is 5.68. The Hall–Kier alpha value is -2.12. The number of ether oxygens (including phenoxy) is 1. The Morgan fingerprint density at radius 1 is 1.32 bits per heavy atom. The van der Waals surface area contributed by atoms with Crippen LogP contribution in [0.4, 0.5) is 10.7 Å². The smallest absolute Gasteiger partial charge is 0.407 e. The summed E-state index contributed by atoms with van der Waals surface area (Å²) in [7, 11) is 0. The topological polar surface area (TPSA) is 85.2 Å². The Morgan fingerprint density at radius 3 is 2.72 bits per heavy atom. The summed E-state index contributed by atoms with van der Waals surface area (Å²) in [6.45, 7) is 8.08. The van der Waals surface area contributed by atoms with Gasteiger partial charge in [-0.2, -0.15) is 0 Å². The second-order valence-electron chi connectivity index (χ2n) is 7.83. The van der Waals surface area contributed by atoms with E-state index < -0.39 is 5.60 Å². The number of amides is 1. The van der Waals surface area contributed by atoms with E-state index in [4.69, 9.17) is 4.74 Å². The van der Waals surface area contributed by atoms with Crippen LogP contribution in [0.2, 0.25) is 0 Å². The third-order valence-electron chi connectivity index (χ3n) is 4.53. The van der Waals surface area contributed by atoms with E-state index in [9.17, 15) is 4.79 Å². The van der Waals surface area contributed by atoms with Gasteiger partial charge in [0.1, 0.15) is 5.60 Å². The van der Waals surface area contributed by atoms with Crippen LogP contribution >= 0.6 is 0 Å². The molecular formula is C17H28N6O2. The number of carbonyl (C=O) groups is 1. The number of tetrazole rings is 1. The van der Waals surface area contributed by atoms with E-state index in [1.807, 2.05) is 25.5 Å². The standard InChI is InChI=1S/C17H28N6O2/c1-17(2,3)25-16(24)18-14-8-10-22(11-9-14)15-19-20-21-23(15)12-13-6-4-5-7-13/h4,6,13-14H,5,7-12H2,1-3H3,(H,18,24). The second-order valence-corrected chi connectivity index (χ2v) is 7.83. The van der Waals surface area contributed by atoms with Gasteiger partial charge in [-0.25, -0.2) is 9.48 Å². The van der Waals surface area contributed by atoms with Crippen molar-refractivity contribution in [3.8, 4) is 0 Å². The van der Waals surface area contributed by atoms with Gasteiger partial charge >= 0.3 is 6.09 Å². The van der Waals surface area contributed by atoms with Crippen molar-refractivity contribution in [2.24, 2.45) is 5.92 Å². The van der Waals surface area contributed by atoms with Gasteiger partial charge in [0.25, 0.3) is 0 Å². The lowest BCUT2D eigenvalue weighted by Crippen LogP contribution is -2.46. The van der Waals surface area contributed by atoms with Gasteiger partial charge in [-0.15, -0.1) is 0 Å². The largest absolute Gasteiger partial charge is 0.444 e. The quantitative estimate of drug-likeness (QED) is 0.839. The molecule has 0 saturated carbocycles. The molecule has 0 spiro atoms. The fourth-order valence-electron chi connectivity index (χ4n) is 3.31. The van der Waals surface area contributed by atoms with Crippen LogP contribution in [-0.4, -0.2) is 51.0 Å². The number of nitrogens with zero attached hydrogens (tertiary/aromatic N) is 5. The van der Waals surface area contributed by atoms with Crippen LogP contribution in [0.1, 0.15) is 46.5 Å². The maximum absolute atomic E-state index is 11.9. The molecule has 1 aliphatic heterocycles. The van der Waals surface area contributed by atoms with Gasteiger partial charge in [-0.3, -0.25) is 0 Å². The fraction of sp³-hybridized carbons (Fsp3) is 0.765. The van der Waals surface area contributed by atoms with Crippen molar-refractivity contribution in [2.75, 3.05) is 18.0 Å². The van der Waals surface area contributed by atoms with E-state index in [1.54, 1.807) is 0 Å². The number of carbonyl (C=O) groups excluding carboxylic acids is 1. The van der Waals surface area contributed by atoms with Crippen molar-refractivity contribution in [3.63, 3.8) is 0 Å². The van der Waals surface area contributed by atoms with E-state index in [0.29, 0.717) is 5.92 Å². The Kier molecular flexibility index (Phi) is 5.24. The molecule has 1 unspecified atom stereocenters. The zero-order valence-corrected chi connectivity index (χ0v) is 15.3. The molecule has 1 aliphatic carbocycles. The number of anilines is 1. The molecule has 0 radical (unpaired) electrons. The molecule has 138 valence electrons. The van der Waals surface area contributed by atoms with Crippen molar-refractivity contribution in [1.29, 1.82) is 0 Å². The summed E-state index contributed by atoms with van der Waals surface area (Å²) in [4.78, 5) is 14.1. The first-order chi connectivity index (χ1) is 11.9. The van der Waals surface area contributed by atoms with Crippen LogP contribution in [-0.2, 0) is 11.3 Å². The Bertz CT molecular complexity index is 613. The van der Waals surface area contributed by atoms with E-state index >= 15 is 0 Å². The molecule has 1 atom stereocenters. The first-order valence-electron chi connectivity index (χ1n) is 9.08. The van der Waals surface area contributed by atoms with Gasteiger partial charge in [0.15, 0.2) is 0 Å². The third-order valence-corrected chi connectivity index (χ3v) is 4.53. The lowest BCUT2D eigenvalue weighted by molar-refractivity contribution is 0.0497. The van der Waals surface area contributed by atoms with Crippen LogP contribution in [0.3, 0.4) is 0 Å². The van der Waals surface area contributed by atoms with Gasteiger partial charge in [0.05, 0.1) is 6.54 Å². The molecule has 2 aliphatic rings. The highest BCUT2D eigenvalue weighted by Crippen LogP contribution is 2.22. The highest BCUT2D eigenvalue weighted by Gasteiger charge is 2.26. The summed E-state index contributed by atoms with van der Waals surface area (Å²) >= 11 is 0. The number of alkyl carbamates (subject to hydrolysis) is 1. The minimum atomic E-state index is -0.471. The number of hydrogen-bond donors (Lipinski definition) is 1. The highest BCUT2D eigenvalue weighted by atomic mass is 16.6. The average Bonchev–Trinajstić information content (AvgIpc) is 3.18. The fourth-order valence-corrected chi connectivity index (χ4v) is 3.31. The van der Waals surface area contributed by atoms with Gasteiger partial charge in [0.2, 0.25) is 5.95 Å². The van der Waals surface area contributed by atoms with Crippen LogP contribution in [0, 0.1) is 5.92 Å². The minimum Gasteiger partial charge on any atom is -0.444 e. The normalized spacial score (nSPS) is 21.6. The molecule has 25 heavy (non-hydrogen) atoms. The lowest BCUT2D eigenvalue weighted by atomic mass is 10.1. The predicted molar refractivity (Wildman–Crippen MR) is 94.3 cm³/mol. The Labute approximate surface area is 148 Å². The molecule has 1 saturated heterocycles. The van der Waals surface area contributed by atoms with Crippen molar-refractivity contribution in [3.05, 3.63) is 12.2 Å². The number of nitrogens with one attached hydrogen (secondary N) is 1. The molecule has 8 nitrogen and oxygen atoms in total. The van der Waals surface area contributed by atoms with E-state index in [0.717, 1.165) is 44.8 Å². The summed E-state index contributed by atoms with van der Waals surface area (Å²) in [5.41, 5.74) is -0.471. The summed E-state index contributed by atoms with van der Waals surface area (Å²) < 4.78 is 7.23. The van der Waals surface area contributed by atoms with Crippen LogP contribution in [0.5, 0.6) is 0 Å². The molecule has 1 N–H and O–H groups in total. The van der Waals surface area contributed by atoms with Gasteiger partial charge in [0, 0.05) is 19.1 Å². The third kappa shape index (κ3) is 4.93. The van der Waals surface area contributed by atoms with E-state index in [-0.39, 0.29) is 12.1 Å². The average molecular weight is 348 g/mol. The molecule has 1 amide bonds. The Morgan fingerprint density at radius 2 is 2.08 bits per heavy atom. The number of hydrogen-bond acceptors (Lipinski definition) is 6. The first-order valence-corrected chi connectivity index (χ1v) is 9.08. The Balaban J connectivity index is 1.50. The molecule has 0 bridgehead atoms. The van der Waals surface area contributed by atoms with Crippen molar-refractivity contribution in [2.45, 2.75) is 64.6 Å². The van der Waals surface area contributed by atoms with Crippen molar-refractivity contribution >= 4 is 12.0 Å². The van der Waals surface area contributed by atoms with Crippen LogP contribution < -0.4 is 10.2 Å². The van der Waals surface area contributed by atoms with Crippen molar-refractivity contribution < 1.29 is 9.53 Å². The molecule has 0 aromatic carbocycles. The second kappa shape index (κ2) is 7.41. The zero-order chi connectivity index (χ0) is 17.9. The SMILES string of the molecule is CC(C)(C)OC(=O)NC1CCN(c2nnnn2CC2C=CCC2)CC1.